The molecule has 2 heterocycles. The second-order valence-electron chi connectivity index (χ2n) is 4.16. The summed E-state index contributed by atoms with van der Waals surface area (Å²) in [6.45, 7) is 1.09. The lowest BCUT2D eigenvalue weighted by Gasteiger charge is -2.39. The minimum Gasteiger partial charge on any atom is -0.411 e. The van der Waals surface area contributed by atoms with E-state index in [0.29, 0.717) is 13.2 Å². The smallest absolute Gasteiger partial charge is 0.411 e. The van der Waals surface area contributed by atoms with Crippen molar-refractivity contribution in [1.82, 2.24) is 0 Å². The summed E-state index contributed by atoms with van der Waals surface area (Å²) in [7, 11) is -0.530. The average Bonchev–Trinajstić information content (AvgIpc) is 2.34. The maximum atomic E-state index is 9.89. The van der Waals surface area contributed by atoms with Crippen LogP contribution in [0, 0.1) is 0 Å². The molecular formula is C9H17BO6. The van der Waals surface area contributed by atoms with Gasteiger partial charge in [-0.3, -0.25) is 0 Å². The van der Waals surface area contributed by atoms with Crippen LogP contribution in [0.4, 0.5) is 0 Å². The van der Waals surface area contributed by atoms with E-state index < -0.39 is 31.2 Å². The lowest BCUT2D eigenvalue weighted by Crippen LogP contribution is -2.54. The zero-order chi connectivity index (χ0) is 11.5. The molecule has 0 saturated carbocycles. The molecule has 0 aromatic heterocycles. The lowest BCUT2D eigenvalue weighted by molar-refractivity contribution is -0.152. The van der Waals surface area contributed by atoms with Crippen molar-refractivity contribution in [2.45, 2.75) is 30.5 Å². The quantitative estimate of drug-likeness (QED) is 0.496. The Morgan fingerprint density at radius 2 is 1.81 bits per heavy atom. The maximum Gasteiger partial charge on any atom is 0.465 e. The van der Waals surface area contributed by atoms with Crippen molar-refractivity contribution in [3.05, 3.63) is 0 Å². The predicted octanol–water partition coefficient (Wildman–Crippen LogP) is -1.61. The zero-order valence-electron chi connectivity index (χ0n) is 8.99. The fraction of sp³-hybridized carbons (Fsp3) is 1.00. The minimum absolute atomic E-state index is 0.216. The Labute approximate surface area is 94.3 Å². The molecule has 3 N–H and O–H groups in total. The second-order valence-corrected chi connectivity index (χ2v) is 4.16. The van der Waals surface area contributed by atoms with Gasteiger partial charge in [0, 0.05) is 19.0 Å². The van der Waals surface area contributed by atoms with E-state index in [1.807, 2.05) is 0 Å². The predicted molar refractivity (Wildman–Crippen MR) is 54.9 cm³/mol. The highest BCUT2D eigenvalue weighted by molar-refractivity contribution is 6.47. The molecule has 0 aliphatic carbocycles. The van der Waals surface area contributed by atoms with Crippen molar-refractivity contribution in [2.24, 2.45) is 0 Å². The number of aliphatic hydroxyl groups excluding tert-OH is 3. The van der Waals surface area contributed by atoms with Crippen LogP contribution in [0.25, 0.3) is 0 Å². The van der Waals surface area contributed by atoms with E-state index in [9.17, 15) is 10.2 Å². The Balaban J connectivity index is 1.95. The van der Waals surface area contributed by atoms with Gasteiger partial charge in [-0.25, -0.2) is 0 Å². The highest BCUT2D eigenvalue weighted by Crippen LogP contribution is 2.29. The van der Waals surface area contributed by atoms with Crippen molar-refractivity contribution in [2.75, 3.05) is 26.4 Å². The first-order valence-electron chi connectivity index (χ1n) is 5.56. The SMILES string of the molecule is OC[C@H]1OC[C@H](B2OCCCO2)[C@@H](O)[C@@H]1O. The lowest BCUT2D eigenvalue weighted by atomic mass is 9.65. The molecule has 0 aromatic carbocycles. The molecule has 6 nitrogen and oxygen atoms in total. The summed E-state index contributed by atoms with van der Waals surface area (Å²) in [5, 5.41) is 28.5. The van der Waals surface area contributed by atoms with Crippen LogP contribution in [0.5, 0.6) is 0 Å². The maximum absolute atomic E-state index is 9.89. The minimum atomic E-state index is -1.10. The summed E-state index contributed by atoms with van der Waals surface area (Å²) < 4.78 is 16.0. The summed E-state index contributed by atoms with van der Waals surface area (Å²) in [5.41, 5.74) is 0. The first-order chi connectivity index (χ1) is 7.74. The highest BCUT2D eigenvalue weighted by Gasteiger charge is 2.46. The normalized spacial score (nSPS) is 41.1. The number of rotatable bonds is 2. The van der Waals surface area contributed by atoms with E-state index in [-0.39, 0.29) is 13.2 Å². The van der Waals surface area contributed by atoms with Crippen LogP contribution in [-0.2, 0) is 14.0 Å². The van der Waals surface area contributed by atoms with Crippen molar-refractivity contribution in [3.63, 3.8) is 0 Å². The summed E-state index contributed by atoms with van der Waals surface area (Å²) >= 11 is 0. The van der Waals surface area contributed by atoms with Crippen LogP contribution < -0.4 is 0 Å². The molecule has 4 atom stereocenters. The molecule has 2 rings (SSSR count). The van der Waals surface area contributed by atoms with E-state index in [4.69, 9.17) is 19.2 Å². The molecule has 0 amide bonds. The fourth-order valence-corrected chi connectivity index (χ4v) is 2.06. The molecule has 0 radical (unpaired) electrons. The van der Waals surface area contributed by atoms with Crippen LogP contribution in [0.1, 0.15) is 6.42 Å². The van der Waals surface area contributed by atoms with Gasteiger partial charge in [0.25, 0.3) is 0 Å². The number of hydrogen-bond donors (Lipinski definition) is 3. The topological polar surface area (TPSA) is 88.4 Å². The van der Waals surface area contributed by atoms with Gasteiger partial charge in [-0.15, -0.1) is 0 Å². The van der Waals surface area contributed by atoms with Crippen molar-refractivity contribution in [1.29, 1.82) is 0 Å². The molecule has 2 fully saturated rings. The molecule has 92 valence electrons. The molecule has 7 heteroatoms. The van der Waals surface area contributed by atoms with E-state index >= 15 is 0 Å². The van der Waals surface area contributed by atoms with E-state index in [1.54, 1.807) is 0 Å². The first-order valence-corrected chi connectivity index (χ1v) is 5.56. The molecule has 0 spiro atoms. The third-order valence-corrected chi connectivity index (χ3v) is 3.05. The molecule has 0 aromatic rings. The average molecular weight is 232 g/mol. The van der Waals surface area contributed by atoms with Gasteiger partial charge in [0.15, 0.2) is 0 Å². The van der Waals surface area contributed by atoms with Gasteiger partial charge in [0.1, 0.15) is 12.2 Å². The largest absolute Gasteiger partial charge is 0.465 e. The summed E-state index contributed by atoms with van der Waals surface area (Å²) in [4.78, 5) is 0. The Hall–Kier alpha value is -0.175. The molecule has 16 heavy (non-hydrogen) atoms. The molecule has 2 saturated heterocycles. The van der Waals surface area contributed by atoms with Crippen LogP contribution in [-0.4, -0.2) is 67.2 Å². The number of aliphatic hydroxyl groups is 3. The molecular weight excluding hydrogens is 215 g/mol. The monoisotopic (exact) mass is 232 g/mol. The van der Waals surface area contributed by atoms with Crippen LogP contribution in [0.3, 0.4) is 0 Å². The van der Waals surface area contributed by atoms with Crippen molar-refractivity contribution >= 4 is 7.12 Å². The van der Waals surface area contributed by atoms with Gasteiger partial charge >= 0.3 is 7.12 Å². The Morgan fingerprint density at radius 3 is 2.44 bits per heavy atom. The Morgan fingerprint density at radius 1 is 1.12 bits per heavy atom. The van der Waals surface area contributed by atoms with Crippen LogP contribution in [0.15, 0.2) is 0 Å². The van der Waals surface area contributed by atoms with Gasteiger partial charge in [-0.2, -0.15) is 0 Å². The van der Waals surface area contributed by atoms with Crippen molar-refractivity contribution < 1.29 is 29.4 Å². The van der Waals surface area contributed by atoms with Crippen LogP contribution in [0.2, 0.25) is 5.82 Å². The summed E-state index contributed by atoms with van der Waals surface area (Å²) in [6, 6.07) is 0. The van der Waals surface area contributed by atoms with Gasteiger partial charge in [-0.1, -0.05) is 0 Å². The molecule has 2 aliphatic rings. The first kappa shape index (κ1) is 12.3. The van der Waals surface area contributed by atoms with Gasteiger partial charge in [0.2, 0.25) is 0 Å². The van der Waals surface area contributed by atoms with Gasteiger partial charge in [0.05, 0.1) is 19.3 Å². The summed E-state index contributed by atoms with van der Waals surface area (Å²) in [6.07, 6.45) is -1.98. The molecule has 0 unspecified atom stereocenters. The standard InChI is InChI=1S/C9H17BO6/c11-4-7-9(13)8(12)6(5-14-7)10-15-2-1-3-16-10/h6-9,11-13H,1-5H2/t6-,7+,8+,9+/m0/s1. The third kappa shape index (κ3) is 2.39. The molecule has 2 aliphatic heterocycles. The molecule has 0 bridgehead atoms. The third-order valence-electron chi connectivity index (χ3n) is 3.05. The summed E-state index contributed by atoms with van der Waals surface area (Å²) in [5.74, 6) is -0.405. The number of hydrogen-bond acceptors (Lipinski definition) is 6. The fourth-order valence-electron chi connectivity index (χ4n) is 2.06. The zero-order valence-corrected chi connectivity index (χ0v) is 8.99. The van der Waals surface area contributed by atoms with Gasteiger partial charge < -0.3 is 29.4 Å². The van der Waals surface area contributed by atoms with Crippen LogP contribution >= 0.6 is 0 Å². The van der Waals surface area contributed by atoms with Crippen molar-refractivity contribution in [3.8, 4) is 0 Å². The van der Waals surface area contributed by atoms with E-state index in [2.05, 4.69) is 0 Å². The number of ether oxygens (including phenoxy) is 1. The van der Waals surface area contributed by atoms with E-state index in [1.165, 1.54) is 0 Å². The van der Waals surface area contributed by atoms with Gasteiger partial charge in [-0.05, 0) is 6.42 Å². The highest BCUT2D eigenvalue weighted by atomic mass is 16.6. The van der Waals surface area contributed by atoms with E-state index in [0.717, 1.165) is 6.42 Å². The Bertz CT molecular complexity index is 222. The second kappa shape index (κ2) is 5.44. The Kier molecular flexibility index (Phi) is 4.18.